The molecule has 0 aromatic heterocycles. The van der Waals surface area contributed by atoms with Crippen LogP contribution in [0.25, 0.3) is 5.76 Å². The smallest absolute Gasteiger partial charge is 0.295 e. The number of benzene rings is 2. The lowest BCUT2D eigenvalue weighted by atomic mass is 9.85. The molecule has 0 bridgehead atoms. The third-order valence-corrected chi connectivity index (χ3v) is 6.63. The molecule has 1 fully saturated rings. The second-order valence-electron chi connectivity index (χ2n) is 11.0. The number of aliphatic hydroxyl groups is 1. The number of ketones is 1. The van der Waals surface area contributed by atoms with E-state index in [1.54, 1.807) is 11.0 Å². The fraction of sp³-hybridized carbons (Fsp3) is 0.467. The number of ether oxygens (including phenoxy) is 1. The monoisotopic (exact) mass is 492 g/mol. The van der Waals surface area contributed by atoms with Gasteiger partial charge in [0.2, 0.25) is 0 Å². The number of rotatable bonds is 8. The van der Waals surface area contributed by atoms with Gasteiger partial charge in [0, 0.05) is 18.7 Å². The summed E-state index contributed by atoms with van der Waals surface area (Å²) in [5.41, 5.74) is 3.50. The van der Waals surface area contributed by atoms with Crippen LogP contribution in [0, 0.1) is 0 Å². The summed E-state index contributed by atoms with van der Waals surface area (Å²) >= 11 is 0. The summed E-state index contributed by atoms with van der Waals surface area (Å²) in [5.74, 6) is -0.489. The lowest BCUT2D eigenvalue weighted by Crippen LogP contribution is -2.35. The Bertz CT molecular complexity index is 1140. The van der Waals surface area contributed by atoms with Crippen molar-refractivity contribution < 1.29 is 19.4 Å². The van der Waals surface area contributed by atoms with Crippen molar-refractivity contribution in [1.82, 2.24) is 9.80 Å². The topological polar surface area (TPSA) is 70.1 Å². The molecule has 1 atom stereocenters. The summed E-state index contributed by atoms with van der Waals surface area (Å²) < 4.78 is 5.77. The lowest BCUT2D eigenvalue weighted by Gasteiger charge is -2.27. The van der Waals surface area contributed by atoms with Crippen LogP contribution in [0.15, 0.2) is 48.0 Å². The Morgan fingerprint density at radius 3 is 2.25 bits per heavy atom. The molecule has 194 valence electrons. The molecule has 0 spiro atoms. The van der Waals surface area contributed by atoms with Crippen LogP contribution in [-0.4, -0.2) is 60.4 Å². The van der Waals surface area contributed by atoms with Gasteiger partial charge in [-0.25, -0.2) is 0 Å². The number of hydrogen-bond acceptors (Lipinski definition) is 5. The molecule has 1 aliphatic heterocycles. The molecule has 0 saturated carbocycles. The highest BCUT2D eigenvalue weighted by Crippen LogP contribution is 2.41. The summed E-state index contributed by atoms with van der Waals surface area (Å²) in [6.07, 6.45) is 0. The second-order valence-corrected chi connectivity index (χ2v) is 11.0. The summed E-state index contributed by atoms with van der Waals surface area (Å²) in [4.78, 5) is 30.1. The number of aliphatic hydroxyl groups excluding tert-OH is 1. The van der Waals surface area contributed by atoms with Gasteiger partial charge < -0.3 is 19.6 Å². The first-order chi connectivity index (χ1) is 16.9. The first kappa shape index (κ1) is 27.5. The van der Waals surface area contributed by atoms with Gasteiger partial charge >= 0.3 is 0 Å². The van der Waals surface area contributed by atoms with Crippen molar-refractivity contribution in [2.75, 3.05) is 33.8 Å². The molecule has 1 unspecified atom stereocenters. The summed E-state index contributed by atoms with van der Waals surface area (Å²) in [6.45, 7) is 14.0. The summed E-state index contributed by atoms with van der Waals surface area (Å²) in [6, 6.07) is 12.8. The van der Waals surface area contributed by atoms with Gasteiger partial charge in [-0.05, 0) is 67.2 Å². The highest BCUT2D eigenvalue weighted by molar-refractivity contribution is 6.46. The molecule has 0 radical (unpaired) electrons. The second kappa shape index (κ2) is 10.9. The van der Waals surface area contributed by atoms with Gasteiger partial charge in [0.1, 0.15) is 11.5 Å². The van der Waals surface area contributed by atoms with Gasteiger partial charge in [0.15, 0.2) is 0 Å². The standard InChI is InChI=1S/C30H40N2O4/c1-9-36-24-15-12-21(18-23(24)19(2)3)27(33)25-26(20-10-13-22(14-11-20)30(4,5)6)32(17-16-31(7)8)29(35)28(25)34/h10-15,18-19,26,33H,9,16-17H2,1-8H3/b27-25-. The van der Waals surface area contributed by atoms with Crippen LogP contribution in [0.1, 0.15) is 75.8 Å². The van der Waals surface area contributed by atoms with Crippen molar-refractivity contribution >= 4 is 17.4 Å². The molecule has 3 rings (SSSR count). The SMILES string of the molecule is CCOc1ccc(/C(O)=C2/C(=O)C(=O)N(CCN(C)C)C2c2ccc(C(C)(C)C)cc2)cc1C(C)C. The number of carbonyl (C=O) groups excluding carboxylic acids is 2. The number of hydrogen-bond donors (Lipinski definition) is 1. The zero-order valence-electron chi connectivity index (χ0n) is 22.9. The average molecular weight is 493 g/mol. The van der Waals surface area contributed by atoms with E-state index in [-0.39, 0.29) is 22.7 Å². The van der Waals surface area contributed by atoms with Crippen LogP contribution < -0.4 is 4.74 Å². The number of nitrogens with zero attached hydrogens (tertiary/aromatic N) is 2. The van der Waals surface area contributed by atoms with Crippen molar-refractivity contribution in [3.63, 3.8) is 0 Å². The van der Waals surface area contributed by atoms with Gasteiger partial charge in [0.05, 0.1) is 18.2 Å². The molecule has 2 aromatic rings. The van der Waals surface area contributed by atoms with Gasteiger partial charge in [0.25, 0.3) is 11.7 Å². The third kappa shape index (κ3) is 5.65. The molecule has 1 amide bonds. The molecule has 0 aliphatic carbocycles. The van der Waals surface area contributed by atoms with Crippen LogP contribution in [0.5, 0.6) is 5.75 Å². The highest BCUT2D eigenvalue weighted by Gasteiger charge is 2.46. The van der Waals surface area contributed by atoms with Crippen LogP contribution in [0.4, 0.5) is 0 Å². The van der Waals surface area contributed by atoms with Crippen molar-refractivity contribution in [1.29, 1.82) is 0 Å². The van der Waals surface area contributed by atoms with E-state index in [2.05, 4.69) is 34.6 Å². The molecule has 1 N–H and O–H groups in total. The van der Waals surface area contributed by atoms with Crippen LogP contribution in [0.3, 0.4) is 0 Å². The normalized spacial score (nSPS) is 17.9. The highest BCUT2D eigenvalue weighted by atomic mass is 16.5. The zero-order valence-corrected chi connectivity index (χ0v) is 22.9. The van der Waals surface area contributed by atoms with E-state index < -0.39 is 17.7 Å². The third-order valence-electron chi connectivity index (χ3n) is 6.63. The fourth-order valence-corrected chi connectivity index (χ4v) is 4.52. The van der Waals surface area contributed by atoms with Crippen molar-refractivity contribution in [2.45, 2.75) is 58.9 Å². The average Bonchev–Trinajstić information content (AvgIpc) is 3.07. The van der Waals surface area contributed by atoms with E-state index in [4.69, 9.17) is 4.74 Å². The van der Waals surface area contributed by atoms with E-state index in [0.29, 0.717) is 25.3 Å². The van der Waals surface area contributed by atoms with Crippen LogP contribution in [-0.2, 0) is 15.0 Å². The van der Waals surface area contributed by atoms with E-state index in [0.717, 1.165) is 22.4 Å². The molecule has 6 heteroatoms. The molecular weight excluding hydrogens is 452 g/mol. The maximum Gasteiger partial charge on any atom is 0.295 e. The van der Waals surface area contributed by atoms with Crippen LogP contribution in [0.2, 0.25) is 0 Å². The predicted octanol–water partition coefficient (Wildman–Crippen LogP) is 5.49. The van der Waals surface area contributed by atoms with Gasteiger partial charge in [-0.15, -0.1) is 0 Å². The Morgan fingerprint density at radius 2 is 1.72 bits per heavy atom. The first-order valence-corrected chi connectivity index (χ1v) is 12.7. The van der Waals surface area contributed by atoms with Gasteiger partial charge in [-0.2, -0.15) is 0 Å². The van der Waals surface area contributed by atoms with Crippen molar-refractivity contribution in [2.24, 2.45) is 0 Å². The minimum Gasteiger partial charge on any atom is -0.507 e. The number of likely N-dealkylation sites (N-methyl/N-ethyl adjacent to an activating group) is 1. The van der Waals surface area contributed by atoms with E-state index in [9.17, 15) is 14.7 Å². The van der Waals surface area contributed by atoms with Crippen molar-refractivity contribution in [3.05, 3.63) is 70.3 Å². The minimum atomic E-state index is -0.659. The van der Waals surface area contributed by atoms with Gasteiger partial charge in [-0.3, -0.25) is 9.59 Å². The summed E-state index contributed by atoms with van der Waals surface area (Å²) in [5, 5.41) is 11.5. The van der Waals surface area contributed by atoms with E-state index in [1.807, 2.05) is 62.3 Å². The summed E-state index contributed by atoms with van der Waals surface area (Å²) in [7, 11) is 3.86. The van der Waals surface area contributed by atoms with E-state index >= 15 is 0 Å². The molecule has 2 aromatic carbocycles. The Balaban J connectivity index is 2.17. The zero-order chi connectivity index (χ0) is 26.8. The number of carbonyl (C=O) groups is 2. The molecule has 6 nitrogen and oxygen atoms in total. The molecule has 1 heterocycles. The first-order valence-electron chi connectivity index (χ1n) is 12.7. The van der Waals surface area contributed by atoms with E-state index in [1.165, 1.54) is 0 Å². The number of Topliss-reactive ketones (excluding diaryl/α,β-unsaturated/α-hetero) is 1. The van der Waals surface area contributed by atoms with Crippen LogP contribution >= 0.6 is 0 Å². The minimum absolute atomic E-state index is 0.0270. The van der Waals surface area contributed by atoms with Gasteiger partial charge in [-0.1, -0.05) is 58.9 Å². The number of likely N-dealkylation sites (tertiary alicyclic amines) is 1. The number of amides is 1. The molecular formula is C30H40N2O4. The molecule has 1 saturated heterocycles. The largest absolute Gasteiger partial charge is 0.507 e. The lowest BCUT2D eigenvalue weighted by molar-refractivity contribution is -0.140. The molecule has 36 heavy (non-hydrogen) atoms. The Kier molecular flexibility index (Phi) is 8.29. The Hall–Kier alpha value is -3.12. The maximum atomic E-state index is 13.3. The Labute approximate surface area is 215 Å². The molecule has 1 aliphatic rings. The fourth-order valence-electron chi connectivity index (χ4n) is 4.52. The predicted molar refractivity (Wildman–Crippen MR) is 144 cm³/mol. The van der Waals surface area contributed by atoms with Crippen molar-refractivity contribution in [3.8, 4) is 5.75 Å². The maximum absolute atomic E-state index is 13.3. The quantitative estimate of drug-likeness (QED) is 0.300. The Morgan fingerprint density at radius 1 is 1.08 bits per heavy atom.